The molecule has 1 aliphatic carbocycles. The van der Waals surface area contributed by atoms with Crippen molar-refractivity contribution in [1.29, 1.82) is 0 Å². The molecule has 3 aromatic rings. The number of aromatic carboxylic acids is 1. The van der Waals surface area contributed by atoms with Crippen molar-refractivity contribution in [2.45, 2.75) is 45.9 Å². The Hall–Kier alpha value is -3.17. The average Bonchev–Trinajstić information content (AvgIpc) is 2.97. The molecular weight excluding hydrogens is 424 g/mol. The van der Waals surface area contributed by atoms with Crippen LogP contribution in [0.2, 0.25) is 0 Å². The van der Waals surface area contributed by atoms with Crippen molar-refractivity contribution in [2.75, 3.05) is 0 Å². The van der Waals surface area contributed by atoms with Crippen LogP contribution in [0, 0.1) is 0 Å². The molecule has 3 heterocycles. The molecule has 1 aliphatic rings. The highest BCUT2D eigenvalue weighted by molar-refractivity contribution is 5.92. The Bertz CT molecular complexity index is 1160. The number of aromatic amines is 1. The summed E-state index contributed by atoms with van der Waals surface area (Å²) in [5, 5.41) is 19.7. The highest BCUT2D eigenvalue weighted by atomic mass is 35.5. The van der Waals surface area contributed by atoms with Gasteiger partial charge in [0.15, 0.2) is 5.56 Å². The summed E-state index contributed by atoms with van der Waals surface area (Å²) >= 11 is 0. The summed E-state index contributed by atoms with van der Waals surface area (Å²) in [5.74, 6) is -1.21. The molecule has 0 saturated carbocycles. The van der Waals surface area contributed by atoms with Gasteiger partial charge in [0, 0.05) is 30.2 Å². The van der Waals surface area contributed by atoms with E-state index in [1.54, 1.807) is 12.4 Å². The number of carbonyl (C=O) groups is 1. The molecule has 0 aliphatic heterocycles. The molecule has 0 spiro atoms. The Morgan fingerprint density at radius 3 is 2.68 bits per heavy atom. The second-order valence-corrected chi connectivity index (χ2v) is 7.11. The van der Waals surface area contributed by atoms with Crippen molar-refractivity contribution in [3.63, 3.8) is 0 Å². The van der Waals surface area contributed by atoms with Crippen molar-refractivity contribution in [3.05, 3.63) is 63.1 Å². The van der Waals surface area contributed by atoms with E-state index in [1.165, 1.54) is 0 Å². The van der Waals surface area contributed by atoms with Gasteiger partial charge in [-0.3, -0.25) is 9.78 Å². The maximum atomic E-state index is 12.3. The summed E-state index contributed by atoms with van der Waals surface area (Å²) in [7, 11) is 0. The lowest BCUT2D eigenvalue weighted by atomic mass is 10.0. The first-order valence-corrected chi connectivity index (χ1v) is 9.78. The number of nitrogens with zero attached hydrogens (tertiary/aromatic N) is 3. The lowest BCUT2D eigenvalue weighted by molar-refractivity contribution is 0.0691. The van der Waals surface area contributed by atoms with Gasteiger partial charge in [0.2, 0.25) is 0 Å². The fourth-order valence-electron chi connectivity index (χ4n) is 3.92. The summed E-state index contributed by atoms with van der Waals surface area (Å²) in [6, 6.07) is 3.76. The van der Waals surface area contributed by atoms with Crippen LogP contribution in [-0.2, 0) is 37.3 Å². The number of carboxylic acids is 1. The van der Waals surface area contributed by atoms with Gasteiger partial charge in [-0.1, -0.05) is 0 Å². The minimum atomic E-state index is -1.45. The van der Waals surface area contributed by atoms with Gasteiger partial charge in [-0.25, -0.2) is 9.78 Å². The molecule has 9 nitrogen and oxygen atoms in total. The molecule has 0 unspecified atom stereocenters. The highest BCUT2D eigenvalue weighted by Gasteiger charge is 2.28. The van der Waals surface area contributed by atoms with Crippen molar-refractivity contribution in [1.82, 2.24) is 19.5 Å². The summed E-state index contributed by atoms with van der Waals surface area (Å²) in [6.07, 6.45) is 5.25. The van der Waals surface area contributed by atoms with Crippen molar-refractivity contribution in [2.24, 2.45) is 0 Å². The zero-order chi connectivity index (χ0) is 21.3. The molecule has 0 radical (unpaired) electrons. The Morgan fingerprint density at radius 2 is 2.00 bits per heavy atom. The van der Waals surface area contributed by atoms with E-state index in [-0.39, 0.29) is 19.0 Å². The normalized spacial score (nSPS) is 12.4. The first-order chi connectivity index (χ1) is 14.5. The minimum absolute atomic E-state index is 0. The van der Waals surface area contributed by atoms with Gasteiger partial charge in [-0.05, 0) is 43.9 Å². The largest absolute Gasteiger partial charge is 0.506 e. The number of imidazole rings is 1. The molecule has 0 fully saturated rings. The van der Waals surface area contributed by atoms with Gasteiger partial charge in [-0.2, -0.15) is 0 Å². The molecule has 0 bridgehead atoms. The van der Waals surface area contributed by atoms with Crippen LogP contribution in [0.25, 0.3) is 11.4 Å². The van der Waals surface area contributed by atoms with Crippen LogP contribution in [0.15, 0.2) is 29.3 Å². The number of aromatic hydroxyl groups is 1. The third-order valence-electron chi connectivity index (χ3n) is 5.30. The smallest absolute Gasteiger partial charge is 0.345 e. The van der Waals surface area contributed by atoms with Crippen LogP contribution in [-0.4, -0.2) is 35.7 Å². The average molecular weight is 447 g/mol. The van der Waals surface area contributed by atoms with Gasteiger partial charge in [0.1, 0.15) is 23.9 Å². The van der Waals surface area contributed by atoms with Gasteiger partial charge < -0.3 is 24.5 Å². The van der Waals surface area contributed by atoms with Crippen LogP contribution in [0.3, 0.4) is 0 Å². The summed E-state index contributed by atoms with van der Waals surface area (Å²) in [6.45, 7) is 3.38. The molecule has 0 amide bonds. The Balaban J connectivity index is 0.00000272. The highest BCUT2D eigenvalue weighted by Crippen LogP contribution is 2.36. The zero-order valence-corrected chi connectivity index (χ0v) is 17.7. The summed E-state index contributed by atoms with van der Waals surface area (Å²) < 4.78 is 7.89. The lowest BCUT2D eigenvalue weighted by Gasteiger charge is -2.10. The van der Waals surface area contributed by atoms with Gasteiger partial charge in [0.25, 0.3) is 5.56 Å². The minimum Gasteiger partial charge on any atom is -0.506 e. The molecule has 10 heteroatoms. The molecule has 164 valence electrons. The number of hydrogen-bond donors (Lipinski definition) is 3. The lowest BCUT2D eigenvalue weighted by Crippen LogP contribution is -2.20. The van der Waals surface area contributed by atoms with Crippen molar-refractivity contribution >= 4 is 18.4 Å². The molecule has 3 aromatic heterocycles. The quantitative estimate of drug-likeness (QED) is 0.530. The zero-order valence-electron chi connectivity index (χ0n) is 16.9. The number of H-pyrrole nitrogens is 1. The fourth-order valence-corrected chi connectivity index (χ4v) is 3.92. The van der Waals surface area contributed by atoms with Crippen molar-refractivity contribution in [3.8, 4) is 17.1 Å². The predicted molar refractivity (Wildman–Crippen MR) is 115 cm³/mol. The topological polar surface area (TPSA) is 130 Å². The van der Waals surface area contributed by atoms with E-state index in [4.69, 9.17) is 9.72 Å². The number of ether oxygens (including phenoxy) is 1. The second kappa shape index (κ2) is 9.32. The third kappa shape index (κ3) is 4.19. The number of fused-ring (bicyclic) bond motifs is 3. The standard InChI is InChI=1S/C21H22N4O5.ClH/c1-2-25-14-5-3-4-13-17(24-20(27)16(19(13)26)21(28)29)18(14)23-15(25)11-30-10-12-6-8-22-9-7-12;/h6-9H,2-5,10-11H2,1H3,(H,28,29)(H2,24,26,27);1H. The van der Waals surface area contributed by atoms with Crippen LogP contribution >= 0.6 is 12.4 Å². The monoisotopic (exact) mass is 446 g/mol. The van der Waals surface area contributed by atoms with Crippen LogP contribution in [0.5, 0.6) is 5.75 Å². The Morgan fingerprint density at radius 1 is 1.26 bits per heavy atom. The number of halogens is 1. The Labute approximate surface area is 184 Å². The first-order valence-electron chi connectivity index (χ1n) is 9.78. The van der Waals surface area contributed by atoms with E-state index in [0.717, 1.165) is 11.3 Å². The van der Waals surface area contributed by atoms with Crippen LogP contribution in [0.4, 0.5) is 0 Å². The number of nitrogens with one attached hydrogen (secondary N) is 1. The fraction of sp³-hybridized carbons (Fsp3) is 0.333. The van der Waals surface area contributed by atoms with E-state index < -0.39 is 22.8 Å². The molecular formula is C21H23ClN4O5. The predicted octanol–water partition coefficient (Wildman–Crippen LogP) is 2.68. The summed E-state index contributed by atoms with van der Waals surface area (Å²) in [4.78, 5) is 35.0. The summed E-state index contributed by atoms with van der Waals surface area (Å²) in [5.41, 5.74) is 1.84. The van der Waals surface area contributed by atoms with Crippen LogP contribution in [0.1, 0.15) is 46.3 Å². The Kier molecular flexibility index (Phi) is 6.77. The first kappa shape index (κ1) is 22.5. The molecule has 31 heavy (non-hydrogen) atoms. The van der Waals surface area contributed by atoms with E-state index in [1.807, 2.05) is 19.1 Å². The number of carboxylic acid groups (broad SMARTS) is 1. The third-order valence-corrected chi connectivity index (χ3v) is 5.30. The van der Waals surface area contributed by atoms with E-state index in [2.05, 4.69) is 14.5 Å². The van der Waals surface area contributed by atoms with Crippen molar-refractivity contribution < 1.29 is 19.7 Å². The number of pyridine rings is 2. The van der Waals surface area contributed by atoms with E-state index in [9.17, 15) is 19.8 Å². The van der Waals surface area contributed by atoms with E-state index >= 15 is 0 Å². The number of rotatable bonds is 6. The second-order valence-electron chi connectivity index (χ2n) is 7.11. The molecule has 0 saturated heterocycles. The number of hydrogen-bond acceptors (Lipinski definition) is 6. The molecule has 0 atom stereocenters. The SMILES string of the molecule is CCn1c(COCc2ccncc2)nc2c1CCCc1c-2[nH]c(=O)c(C(=O)O)c1O.Cl. The van der Waals surface area contributed by atoms with Gasteiger partial charge in [-0.15, -0.1) is 12.4 Å². The van der Waals surface area contributed by atoms with Gasteiger partial charge in [0.05, 0.1) is 12.3 Å². The van der Waals surface area contributed by atoms with Crippen LogP contribution < -0.4 is 5.56 Å². The van der Waals surface area contributed by atoms with Gasteiger partial charge >= 0.3 is 5.97 Å². The molecule has 3 N–H and O–H groups in total. The maximum Gasteiger partial charge on any atom is 0.345 e. The number of aromatic nitrogens is 4. The molecule has 4 rings (SSSR count). The van der Waals surface area contributed by atoms with E-state index in [0.29, 0.717) is 55.2 Å². The maximum absolute atomic E-state index is 12.3. The molecule has 0 aromatic carbocycles.